The molecule has 0 aromatic heterocycles. The Labute approximate surface area is 166 Å². The van der Waals surface area contributed by atoms with Gasteiger partial charge in [0.05, 0.1) is 19.9 Å². The van der Waals surface area contributed by atoms with Crippen LogP contribution in [0.5, 0.6) is 17.2 Å². The van der Waals surface area contributed by atoms with Gasteiger partial charge in [0.2, 0.25) is 0 Å². The van der Waals surface area contributed by atoms with Gasteiger partial charge in [0.15, 0.2) is 11.7 Å². The first kappa shape index (κ1) is 20.0. The van der Waals surface area contributed by atoms with Gasteiger partial charge in [0.1, 0.15) is 17.2 Å². The SMILES string of the molecule is COc1ccc(OC)c(NC(=S)NC(=O)COc2ccc(Br)c(C)c2)c1. The number of ether oxygens (including phenoxy) is 3. The number of anilines is 1. The maximum Gasteiger partial charge on any atom is 0.264 e. The Morgan fingerprint density at radius 2 is 1.85 bits per heavy atom. The van der Waals surface area contributed by atoms with Crippen LogP contribution in [-0.2, 0) is 4.79 Å². The van der Waals surface area contributed by atoms with Gasteiger partial charge in [0.25, 0.3) is 5.91 Å². The zero-order chi connectivity index (χ0) is 19.1. The lowest BCUT2D eigenvalue weighted by Gasteiger charge is -2.14. The number of carbonyl (C=O) groups is 1. The second-order valence-electron chi connectivity index (χ2n) is 5.27. The second kappa shape index (κ2) is 9.40. The Balaban J connectivity index is 1.91. The lowest BCUT2D eigenvalue weighted by atomic mass is 10.2. The smallest absolute Gasteiger partial charge is 0.264 e. The van der Waals surface area contributed by atoms with Crippen LogP contribution in [0.2, 0.25) is 0 Å². The number of amides is 1. The molecular weight excluding hydrogens is 420 g/mol. The Hall–Kier alpha value is -2.32. The molecule has 2 aromatic rings. The number of hydrogen-bond donors (Lipinski definition) is 2. The molecule has 0 aliphatic carbocycles. The average molecular weight is 439 g/mol. The molecule has 2 aromatic carbocycles. The van der Waals surface area contributed by atoms with Crippen molar-refractivity contribution in [3.63, 3.8) is 0 Å². The molecule has 0 atom stereocenters. The van der Waals surface area contributed by atoms with Crippen LogP contribution >= 0.6 is 28.1 Å². The number of aryl methyl sites for hydroxylation is 1. The molecule has 6 nitrogen and oxygen atoms in total. The number of benzene rings is 2. The van der Waals surface area contributed by atoms with E-state index in [0.29, 0.717) is 22.9 Å². The molecule has 138 valence electrons. The van der Waals surface area contributed by atoms with Gasteiger partial charge < -0.3 is 19.5 Å². The number of halogens is 1. The average Bonchev–Trinajstić information content (AvgIpc) is 2.62. The first-order valence-electron chi connectivity index (χ1n) is 7.64. The minimum Gasteiger partial charge on any atom is -0.497 e. The molecule has 0 saturated heterocycles. The fourth-order valence-corrected chi connectivity index (χ4v) is 2.55. The topological polar surface area (TPSA) is 68.8 Å². The summed E-state index contributed by atoms with van der Waals surface area (Å²) in [6.07, 6.45) is 0. The van der Waals surface area contributed by atoms with Crippen molar-refractivity contribution < 1.29 is 19.0 Å². The number of thiocarbonyl (C=S) groups is 1. The summed E-state index contributed by atoms with van der Waals surface area (Å²) < 4.78 is 16.9. The summed E-state index contributed by atoms with van der Waals surface area (Å²) >= 11 is 8.58. The lowest BCUT2D eigenvalue weighted by molar-refractivity contribution is -0.121. The summed E-state index contributed by atoms with van der Waals surface area (Å²) in [4.78, 5) is 12.0. The van der Waals surface area contributed by atoms with Gasteiger partial charge in [-0.3, -0.25) is 10.1 Å². The number of rotatable bonds is 6. The van der Waals surface area contributed by atoms with E-state index in [1.54, 1.807) is 38.5 Å². The summed E-state index contributed by atoms with van der Waals surface area (Å²) in [6, 6.07) is 10.7. The zero-order valence-corrected chi connectivity index (χ0v) is 17.0. The molecule has 2 rings (SSSR count). The second-order valence-corrected chi connectivity index (χ2v) is 6.53. The molecule has 2 N–H and O–H groups in total. The van der Waals surface area contributed by atoms with Gasteiger partial charge in [0, 0.05) is 10.5 Å². The molecular formula is C18H19BrN2O4S. The van der Waals surface area contributed by atoms with E-state index in [-0.39, 0.29) is 17.6 Å². The molecule has 0 bridgehead atoms. The van der Waals surface area contributed by atoms with Crippen LogP contribution in [-0.4, -0.2) is 31.8 Å². The van der Waals surface area contributed by atoms with Crippen molar-refractivity contribution in [2.24, 2.45) is 0 Å². The van der Waals surface area contributed by atoms with Crippen LogP contribution in [0.3, 0.4) is 0 Å². The highest BCUT2D eigenvalue weighted by Crippen LogP contribution is 2.28. The summed E-state index contributed by atoms with van der Waals surface area (Å²) in [5, 5.41) is 5.62. The molecule has 1 amide bonds. The molecule has 0 spiro atoms. The number of hydrogen-bond acceptors (Lipinski definition) is 5. The van der Waals surface area contributed by atoms with Crippen molar-refractivity contribution in [2.75, 3.05) is 26.1 Å². The highest BCUT2D eigenvalue weighted by Gasteiger charge is 2.10. The molecule has 0 aliphatic rings. The van der Waals surface area contributed by atoms with E-state index in [9.17, 15) is 4.79 Å². The molecule has 26 heavy (non-hydrogen) atoms. The quantitative estimate of drug-likeness (QED) is 0.670. The largest absolute Gasteiger partial charge is 0.497 e. The van der Waals surface area contributed by atoms with Crippen LogP contribution in [0.15, 0.2) is 40.9 Å². The monoisotopic (exact) mass is 438 g/mol. The third kappa shape index (κ3) is 5.60. The summed E-state index contributed by atoms with van der Waals surface area (Å²) in [5.41, 5.74) is 1.60. The third-order valence-corrected chi connectivity index (χ3v) is 4.50. The molecule has 0 radical (unpaired) electrons. The Bertz CT molecular complexity index is 814. The Morgan fingerprint density at radius 3 is 2.50 bits per heavy atom. The lowest BCUT2D eigenvalue weighted by Crippen LogP contribution is -2.37. The minimum absolute atomic E-state index is 0.136. The van der Waals surface area contributed by atoms with Crippen molar-refractivity contribution >= 4 is 44.9 Å². The van der Waals surface area contributed by atoms with E-state index >= 15 is 0 Å². The van der Waals surface area contributed by atoms with Crippen molar-refractivity contribution in [1.29, 1.82) is 0 Å². The predicted octanol–water partition coefficient (Wildman–Crippen LogP) is 3.67. The zero-order valence-electron chi connectivity index (χ0n) is 14.6. The van der Waals surface area contributed by atoms with E-state index in [1.165, 1.54) is 0 Å². The van der Waals surface area contributed by atoms with E-state index in [4.69, 9.17) is 26.4 Å². The maximum absolute atomic E-state index is 12.0. The van der Waals surface area contributed by atoms with E-state index in [1.807, 2.05) is 19.1 Å². The molecule has 0 fully saturated rings. The van der Waals surface area contributed by atoms with Crippen LogP contribution < -0.4 is 24.8 Å². The predicted molar refractivity (Wildman–Crippen MR) is 108 cm³/mol. The Kier molecular flexibility index (Phi) is 7.23. The number of methoxy groups -OCH3 is 2. The fourth-order valence-electron chi connectivity index (χ4n) is 2.08. The van der Waals surface area contributed by atoms with E-state index < -0.39 is 0 Å². The normalized spacial score (nSPS) is 10.0. The van der Waals surface area contributed by atoms with Crippen molar-refractivity contribution in [1.82, 2.24) is 5.32 Å². The fraction of sp³-hybridized carbons (Fsp3) is 0.222. The highest BCUT2D eigenvalue weighted by molar-refractivity contribution is 9.10. The molecule has 0 aliphatic heterocycles. The molecule has 0 unspecified atom stereocenters. The van der Waals surface area contributed by atoms with Gasteiger partial charge >= 0.3 is 0 Å². The van der Waals surface area contributed by atoms with Gasteiger partial charge in [-0.25, -0.2) is 0 Å². The van der Waals surface area contributed by atoms with Gasteiger partial charge in [-0.05, 0) is 55.0 Å². The first-order valence-corrected chi connectivity index (χ1v) is 8.85. The van der Waals surface area contributed by atoms with Crippen LogP contribution in [0.1, 0.15) is 5.56 Å². The van der Waals surface area contributed by atoms with Gasteiger partial charge in [-0.1, -0.05) is 15.9 Å². The van der Waals surface area contributed by atoms with Crippen molar-refractivity contribution in [3.05, 3.63) is 46.4 Å². The first-order chi connectivity index (χ1) is 12.4. The number of nitrogens with one attached hydrogen (secondary N) is 2. The summed E-state index contributed by atoms with van der Waals surface area (Å²) in [6.45, 7) is 1.79. The third-order valence-electron chi connectivity index (χ3n) is 3.41. The van der Waals surface area contributed by atoms with Crippen LogP contribution in [0, 0.1) is 6.92 Å². The minimum atomic E-state index is -0.370. The molecule has 8 heteroatoms. The van der Waals surface area contributed by atoms with Crippen molar-refractivity contribution in [2.45, 2.75) is 6.92 Å². The molecule has 0 heterocycles. The van der Waals surface area contributed by atoms with Crippen LogP contribution in [0.25, 0.3) is 0 Å². The highest BCUT2D eigenvalue weighted by atomic mass is 79.9. The van der Waals surface area contributed by atoms with Gasteiger partial charge in [-0.2, -0.15) is 0 Å². The van der Waals surface area contributed by atoms with Gasteiger partial charge in [-0.15, -0.1) is 0 Å². The van der Waals surface area contributed by atoms with Crippen LogP contribution in [0.4, 0.5) is 5.69 Å². The van der Waals surface area contributed by atoms with E-state index in [2.05, 4.69) is 26.6 Å². The summed E-state index contributed by atoms with van der Waals surface area (Å²) in [7, 11) is 3.11. The van der Waals surface area contributed by atoms with E-state index in [0.717, 1.165) is 10.0 Å². The van der Waals surface area contributed by atoms with Crippen molar-refractivity contribution in [3.8, 4) is 17.2 Å². The maximum atomic E-state index is 12.0. The Morgan fingerprint density at radius 1 is 1.12 bits per heavy atom. The molecule has 0 saturated carbocycles. The number of carbonyl (C=O) groups excluding carboxylic acids is 1. The summed E-state index contributed by atoms with van der Waals surface area (Å²) in [5.74, 6) is 1.44. The standard InChI is InChI=1S/C18H19BrN2O4S/c1-11-8-13(4-6-14(11)19)25-10-17(22)21-18(26)20-15-9-12(23-2)5-7-16(15)24-3/h4-9H,10H2,1-3H3,(H2,20,21,22,26).